The van der Waals surface area contributed by atoms with E-state index in [0.29, 0.717) is 18.2 Å². The lowest BCUT2D eigenvalue weighted by Gasteiger charge is -2.23. The quantitative estimate of drug-likeness (QED) is 0.584. The van der Waals surface area contributed by atoms with Crippen LogP contribution in [-0.2, 0) is 6.54 Å². The maximum atomic E-state index is 11.1. The molecule has 1 aromatic carbocycles. The van der Waals surface area contributed by atoms with Crippen molar-refractivity contribution >= 4 is 11.4 Å². The first-order chi connectivity index (χ1) is 9.49. The number of anilines is 1. The Morgan fingerprint density at radius 1 is 1.35 bits per heavy atom. The van der Waals surface area contributed by atoms with Crippen LogP contribution in [0.25, 0.3) is 0 Å². The minimum absolute atomic E-state index is 0.157. The first kappa shape index (κ1) is 16.4. The van der Waals surface area contributed by atoms with Crippen LogP contribution in [0, 0.1) is 16.0 Å². The SMILES string of the molecule is CCNc1c(CN(CC)CC(C)C)cccc1[N+](=O)[O-]. The highest BCUT2D eigenvalue weighted by atomic mass is 16.6. The van der Waals surface area contributed by atoms with Gasteiger partial charge in [-0.1, -0.05) is 32.9 Å². The molecule has 0 spiro atoms. The summed E-state index contributed by atoms with van der Waals surface area (Å²) in [6.45, 7) is 11.8. The molecular weight excluding hydrogens is 254 g/mol. The first-order valence-corrected chi connectivity index (χ1v) is 7.22. The van der Waals surface area contributed by atoms with Crippen LogP contribution in [0.3, 0.4) is 0 Å². The third kappa shape index (κ3) is 4.49. The predicted octanol–water partition coefficient (Wildman–Crippen LogP) is 3.50. The van der Waals surface area contributed by atoms with Gasteiger partial charge in [-0.3, -0.25) is 15.0 Å². The maximum absolute atomic E-state index is 11.1. The molecule has 0 amide bonds. The van der Waals surface area contributed by atoms with Gasteiger partial charge in [-0.05, 0) is 24.9 Å². The molecule has 0 fully saturated rings. The van der Waals surface area contributed by atoms with Gasteiger partial charge in [-0.25, -0.2) is 0 Å². The van der Waals surface area contributed by atoms with E-state index in [1.165, 1.54) is 0 Å². The lowest BCUT2D eigenvalue weighted by Crippen LogP contribution is -2.27. The number of nitro benzene ring substituents is 1. The van der Waals surface area contributed by atoms with Gasteiger partial charge in [-0.2, -0.15) is 0 Å². The summed E-state index contributed by atoms with van der Waals surface area (Å²) in [5.74, 6) is 0.580. The number of benzene rings is 1. The van der Waals surface area contributed by atoms with Gasteiger partial charge < -0.3 is 5.32 Å². The molecule has 0 radical (unpaired) electrons. The third-order valence-electron chi connectivity index (χ3n) is 3.14. The second kappa shape index (κ2) is 7.85. The molecule has 1 N–H and O–H groups in total. The monoisotopic (exact) mass is 279 g/mol. The van der Waals surface area contributed by atoms with Gasteiger partial charge in [0.05, 0.1) is 4.92 Å². The zero-order chi connectivity index (χ0) is 15.1. The van der Waals surface area contributed by atoms with Crippen LogP contribution in [-0.4, -0.2) is 29.5 Å². The Bertz CT molecular complexity index is 447. The highest BCUT2D eigenvalue weighted by Crippen LogP contribution is 2.29. The largest absolute Gasteiger partial charge is 0.380 e. The molecular formula is C15H25N3O2. The zero-order valence-corrected chi connectivity index (χ0v) is 12.8. The van der Waals surface area contributed by atoms with Gasteiger partial charge in [-0.15, -0.1) is 0 Å². The molecule has 0 aliphatic carbocycles. The summed E-state index contributed by atoms with van der Waals surface area (Å²) in [5, 5.41) is 14.3. The van der Waals surface area contributed by atoms with Gasteiger partial charge in [0.25, 0.3) is 5.69 Å². The van der Waals surface area contributed by atoms with Gasteiger partial charge in [0, 0.05) is 25.7 Å². The predicted molar refractivity (Wildman–Crippen MR) is 83.0 cm³/mol. The van der Waals surface area contributed by atoms with E-state index in [0.717, 1.165) is 25.2 Å². The molecule has 0 saturated heterocycles. The van der Waals surface area contributed by atoms with Crippen LogP contribution in [0.2, 0.25) is 0 Å². The van der Waals surface area contributed by atoms with Crippen molar-refractivity contribution in [2.75, 3.05) is 25.0 Å². The average molecular weight is 279 g/mol. The van der Waals surface area contributed by atoms with E-state index in [1.807, 2.05) is 13.0 Å². The number of nitrogens with zero attached hydrogens (tertiary/aromatic N) is 2. The standard InChI is InChI=1S/C15H25N3O2/c1-5-16-15-13(8-7-9-14(15)18(19)20)11-17(6-2)10-12(3)4/h7-9,12,16H,5-6,10-11H2,1-4H3. The number of para-hydroxylation sites is 1. The Labute approximate surface area is 121 Å². The van der Waals surface area contributed by atoms with Gasteiger partial charge in [0.1, 0.15) is 5.69 Å². The molecule has 20 heavy (non-hydrogen) atoms. The molecule has 5 heteroatoms. The van der Waals surface area contributed by atoms with Crippen molar-refractivity contribution in [2.45, 2.75) is 34.2 Å². The summed E-state index contributed by atoms with van der Waals surface area (Å²) in [4.78, 5) is 13.1. The lowest BCUT2D eigenvalue weighted by atomic mass is 10.1. The van der Waals surface area contributed by atoms with E-state index in [9.17, 15) is 10.1 Å². The van der Waals surface area contributed by atoms with Crippen molar-refractivity contribution in [3.63, 3.8) is 0 Å². The fourth-order valence-electron chi connectivity index (χ4n) is 2.31. The molecule has 112 valence electrons. The Balaban J connectivity index is 3.03. The highest BCUT2D eigenvalue weighted by Gasteiger charge is 2.18. The number of hydrogen-bond acceptors (Lipinski definition) is 4. The fourth-order valence-corrected chi connectivity index (χ4v) is 2.31. The van der Waals surface area contributed by atoms with Gasteiger partial charge in [0.15, 0.2) is 0 Å². The minimum atomic E-state index is -0.319. The van der Waals surface area contributed by atoms with Crippen molar-refractivity contribution in [1.82, 2.24) is 4.90 Å². The van der Waals surface area contributed by atoms with Crippen molar-refractivity contribution in [2.24, 2.45) is 5.92 Å². The van der Waals surface area contributed by atoms with E-state index in [1.54, 1.807) is 12.1 Å². The van der Waals surface area contributed by atoms with Gasteiger partial charge >= 0.3 is 0 Å². The number of rotatable bonds is 8. The molecule has 5 nitrogen and oxygen atoms in total. The summed E-state index contributed by atoms with van der Waals surface area (Å²) in [7, 11) is 0. The summed E-state index contributed by atoms with van der Waals surface area (Å²) in [6, 6.07) is 5.28. The normalized spacial score (nSPS) is 11.1. The molecule has 0 heterocycles. The molecule has 0 saturated carbocycles. The average Bonchev–Trinajstić information content (AvgIpc) is 2.39. The Kier molecular flexibility index (Phi) is 6.45. The number of nitro groups is 1. The van der Waals surface area contributed by atoms with E-state index >= 15 is 0 Å². The molecule has 0 aromatic heterocycles. The lowest BCUT2D eigenvalue weighted by molar-refractivity contribution is -0.384. The Morgan fingerprint density at radius 2 is 2.05 bits per heavy atom. The third-order valence-corrected chi connectivity index (χ3v) is 3.14. The molecule has 0 aliphatic heterocycles. The highest BCUT2D eigenvalue weighted by molar-refractivity contribution is 5.66. The molecule has 0 atom stereocenters. The summed E-state index contributed by atoms with van der Waals surface area (Å²) < 4.78 is 0. The summed E-state index contributed by atoms with van der Waals surface area (Å²) in [5.41, 5.74) is 1.80. The maximum Gasteiger partial charge on any atom is 0.292 e. The van der Waals surface area contributed by atoms with Crippen LogP contribution < -0.4 is 5.32 Å². The second-order valence-electron chi connectivity index (χ2n) is 5.32. The molecule has 0 unspecified atom stereocenters. The van der Waals surface area contributed by atoms with Crippen molar-refractivity contribution < 1.29 is 4.92 Å². The molecule has 0 bridgehead atoms. The molecule has 1 rings (SSSR count). The van der Waals surface area contributed by atoms with E-state index < -0.39 is 0 Å². The summed E-state index contributed by atoms with van der Waals surface area (Å²) >= 11 is 0. The van der Waals surface area contributed by atoms with E-state index in [-0.39, 0.29) is 10.6 Å². The van der Waals surface area contributed by atoms with Crippen molar-refractivity contribution in [3.05, 3.63) is 33.9 Å². The van der Waals surface area contributed by atoms with Crippen LogP contribution >= 0.6 is 0 Å². The van der Waals surface area contributed by atoms with E-state index in [2.05, 4.69) is 31.0 Å². The number of nitrogens with one attached hydrogen (secondary N) is 1. The van der Waals surface area contributed by atoms with E-state index in [4.69, 9.17) is 0 Å². The fraction of sp³-hybridized carbons (Fsp3) is 0.600. The Hall–Kier alpha value is -1.62. The molecule has 1 aromatic rings. The first-order valence-electron chi connectivity index (χ1n) is 7.22. The minimum Gasteiger partial charge on any atom is -0.380 e. The van der Waals surface area contributed by atoms with Crippen LogP contribution in [0.4, 0.5) is 11.4 Å². The number of hydrogen-bond donors (Lipinski definition) is 1. The zero-order valence-electron chi connectivity index (χ0n) is 12.8. The molecule has 0 aliphatic rings. The second-order valence-corrected chi connectivity index (χ2v) is 5.32. The van der Waals surface area contributed by atoms with Crippen molar-refractivity contribution in [1.29, 1.82) is 0 Å². The topological polar surface area (TPSA) is 58.4 Å². The smallest absolute Gasteiger partial charge is 0.292 e. The van der Waals surface area contributed by atoms with Crippen molar-refractivity contribution in [3.8, 4) is 0 Å². The van der Waals surface area contributed by atoms with Crippen LogP contribution in [0.5, 0.6) is 0 Å². The van der Waals surface area contributed by atoms with Crippen LogP contribution in [0.15, 0.2) is 18.2 Å². The Morgan fingerprint density at radius 3 is 2.55 bits per heavy atom. The summed E-state index contributed by atoms with van der Waals surface area (Å²) in [6.07, 6.45) is 0. The van der Waals surface area contributed by atoms with Gasteiger partial charge in [0.2, 0.25) is 0 Å². The van der Waals surface area contributed by atoms with Crippen LogP contribution in [0.1, 0.15) is 33.3 Å².